The number of hydrogen-bond acceptors (Lipinski definition) is 4. The molecule has 1 atom stereocenters. The average Bonchev–Trinajstić information content (AvgIpc) is 2.63. The lowest BCUT2D eigenvalue weighted by atomic mass is 10.0. The predicted molar refractivity (Wildman–Crippen MR) is 95.7 cm³/mol. The van der Waals surface area contributed by atoms with E-state index < -0.39 is 0 Å². The summed E-state index contributed by atoms with van der Waals surface area (Å²) in [6, 6.07) is 11.5. The number of aromatic nitrogens is 1. The summed E-state index contributed by atoms with van der Waals surface area (Å²) < 4.78 is 5.45. The summed E-state index contributed by atoms with van der Waals surface area (Å²) in [6.07, 6.45) is 1.52. The van der Waals surface area contributed by atoms with Gasteiger partial charge in [0.25, 0.3) is 11.5 Å². The van der Waals surface area contributed by atoms with E-state index >= 15 is 0 Å². The van der Waals surface area contributed by atoms with E-state index in [2.05, 4.69) is 40.3 Å². The maximum Gasteiger partial charge on any atom is 0.260 e. The van der Waals surface area contributed by atoms with Crippen LogP contribution in [0.1, 0.15) is 27.5 Å². The van der Waals surface area contributed by atoms with Crippen molar-refractivity contribution in [1.29, 1.82) is 0 Å². The molecule has 1 aromatic carbocycles. The number of benzene rings is 1. The molecule has 1 aliphatic heterocycles. The third-order valence-electron chi connectivity index (χ3n) is 4.43. The zero-order chi connectivity index (χ0) is 17.6. The van der Waals surface area contributed by atoms with Crippen molar-refractivity contribution < 1.29 is 9.53 Å². The molecule has 2 aromatic rings. The Hall–Kier alpha value is -2.44. The number of hydrogen-bond donors (Lipinski definition) is 2. The number of H-pyrrole nitrogens is 1. The van der Waals surface area contributed by atoms with E-state index in [0.29, 0.717) is 19.8 Å². The van der Waals surface area contributed by atoms with Crippen LogP contribution in [0.4, 0.5) is 0 Å². The number of amides is 1. The monoisotopic (exact) mass is 341 g/mol. The zero-order valence-corrected chi connectivity index (χ0v) is 14.3. The number of pyridine rings is 1. The second-order valence-electron chi connectivity index (χ2n) is 6.20. The van der Waals surface area contributed by atoms with Crippen molar-refractivity contribution in [3.63, 3.8) is 0 Å². The van der Waals surface area contributed by atoms with Gasteiger partial charge in [-0.3, -0.25) is 14.5 Å². The standard InChI is InChI=1S/C19H23N3O3/c1-14-4-2-5-15(12-14)17(22-8-10-25-11-9-22)13-21-19(24)16-6-3-7-20-18(16)23/h2-7,12,17H,8-11,13H2,1H3,(H,20,23)(H,21,24). The Kier molecular flexibility index (Phi) is 5.63. The number of rotatable bonds is 5. The summed E-state index contributed by atoms with van der Waals surface area (Å²) in [5.41, 5.74) is 2.09. The smallest absolute Gasteiger partial charge is 0.260 e. The van der Waals surface area contributed by atoms with Crippen LogP contribution in [0, 0.1) is 6.92 Å². The molecule has 6 heteroatoms. The Morgan fingerprint density at radius 1 is 1.28 bits per heavy atom. The molecule has 1 saturated heterocycles. The lowest BCUT2D eigenvalue weighted by Gasteiger charge is -2.35. The molecule has 1 aliphatic rings. The molecular weight excluding hydrogens is 318 g/mol. The van der Waals surface area contributed by atoms with Crippen LogP contribution in [0.2, 0.25) is 0 Å². The Morgan fingerprint density at radius 3 is 2.80 bits per heavy atom. The maximum atomic E-state index is 12.4. The van der Waals surface area contributed by atoms with Crippen LogP contribution in [0.3, 0.4) is 0 Å². The van der Waals surface area contributed by atoms with Crippen LogP contribution < -0.4 is 10.9 Å². The third-order valence-corrected chi connectivity index (χ3v) is 4.43. The average molecular weight is 341 g/mol. The first-order valence-corrected chi connectivity index (χ1v) is 8.49. The molecule has 1 fully saturated rings. The minimum atomic E-state index is -0.376. The van der Waals surface area contributed by atoms with Crippen LogP contribution in [0.25, 0.3) is 0 Å². The normalized spacial score (nSPS) is 16.4. The Labute approximate surface area is 146 Å². The molecule has 6 nitrogen and oxygen atoms in total. The minimum absolute atomic E-state index is 0.0514. The van der Waals surface area contributed by atoms with Gasteiger partial charge in [-0.05, 0) is 24.6 Å². The molecule has 1 unspecified atom stereocenters. The molecule has 132 valence electrons. The van der Waals surface area contributed by atoms with E-state index in [4.69, 9.17) is 4.74 Å². The van der Waals surface area contributed by atoms with Gasteiger partial charge in [0.2, 0.25) is 0 Å². The molecule has 0 bridgehead atoms. The number of carbonyl (C=O) groups excluding carboxylic acids is 1. The first-order valence-electron chi connectivity index (χ1n) is 8.49. The first-order chi connectivity index (χ1) is 12.1. The number of nitrogens with one attached hydrogen (secondary N) is 2. The van der Waals surface area contributed by atoms with Gasteiger partial charge in [0.1, 0.15) is 5.56 Å². The molecule has 3 rings (SSSR count). The molecule has 1 amide bonds. The summed E-state index contributed by atoms with van der Waals surface area (Å²) in [7, 11) is 0. The van der Waals surface area contributed by atoms with Crippen LogP contribution in [-0.2, 0) is 4.74 Å². The number of ether oxygens (including phenoxy) is 1. The zero-order valence-electron chi connectivity index (χ0n) is 14.3. The van der Waals surface area contributed by atoms with Crippen LogP contribution in [-0.4, -0.2) is 48.6 Å². The van der Waals surface area contributed by atoms with Gasteiger partial charge in [-0.25, -0.2) is 0 Å². The van der Waals surface area contributed by atoms with Crippen LogP contribution in [0.5, 0.6) is 0 Å². The van der Waals surface area contributed by atoms with Crippen molar-refractivity contribution in [1.82, 2.24) is 15.2 Å². The highest BCUT2D eigenvalue weighted by Gasteiger charge is 2.23. The molecule has 2 N–H and O–H groups in total. The molecule has 25 heavy (non-hydrogen) atoms. The predicted octanol–water partition coefficient (Wildman–Crippen LogP) is 1.49. The highest BCUT2D eigenvalue weighted by atomic mass is 16.5. The number of aromatic amines is 1. The quantitative estimate of drug-likeness (QED) is 0.864. The summed E-state index contributed by atoms with van der Waals surface area (Å²) >= 11 is 0. The van der Waals surface area contributed by atoms with E-state index in [1.54, 1.807) is 6.07 Å². The van der Waals surface area contributed by atoms with Gasteiger partial charge in [-0.1, -0.05) is 29.8 Å². The van der Waals surface area contributed by atoms with Gasteiger partial charge in [0, 0.05) is 25.8 Å². The van der Waals surface area contributed by atoms with E-state index in [9.17, 15) is 9.59 Å². The van der Waals surface area contributed by atoms with E-state index in [1.807, 2.05) is 6.07 Å². The van der Waals surface area contributed by atoms with Gasteiger partial charge < -0.3 is 15.0 Å². The molecule has 0 spiro atoms. The molecule has 0 aliphatic carbocycles. The van der Waals surface area contributed by atoms with Crippen molar-refractivity contribution in [2.24, 2.45) is 0 Å². The van der Waals surface area contributed by atoms with E-state index in [1.165, 1.54) is 17.8 Å². The fourth-order valence-corrected chi connectivity index (χ4v) is 3.11. The lowest BCUT2D eigenvalue weighted by Crippen LogP contribution is -2.44. The number of morpholine rings is 1. The fraction of sp³-hybridized carbons (Fsp3) is 0.368. The maximum absolute atomic E-state index is 12.4. The van der Waals surface area contributed by atoms with Gasteiger partial charge in [-0.2, -0.15) is 0 Å². The number of aryl methyl sites for hydroxylation is 1. The summed E-state index contributed by atoms with van der Waals surface area (Å²) in [4.78, 5) is 29.0. The lowest BCUT2D eigenvalue weighted by molar-refractivity contribution is 0.0162. The van der Waals surface area contributed by atoms with Crippen LogP contribution >= 0.6 is 0 Å². The van der Waals surface area contributed by atoms with Gasteiger partial charge in [0.15, 0.2) is 0 Å². The summed E-state index contributed by atoms with van der Waals surface area (Å²) in [5, 5.41) is 2.91. The number of nitrogens with zero attached hydrogens (tertiary/aromatic N) is 1. The molecule has 0 saturated carbocycles. The molecule has 1 aromatic heterocycles. The molecule has 0 radical (unpaired) electrons. The van der Waals surface area contributed by atoms with Crippen molar-refractivity contribution in [3.05, 3.63) is 69.6 Å². The van der Waals surface area contributed by atoms with E-state index in [0.717, 1.165) is 18.7 Å². The highest BCUT2D eigenvalue weighted by molar-refractivity contribution is 5.93. The van der Waals surface area contributed by atoms with Crippen LogP contribution in [0.15, 0.2) is 47.4 Å². The highest BCUT2D eigenvalue weighted by Crippen LogP contribution is 2.22. The van der Waals surface area contributed by atoms with Crippen molar-refractivity contribution >= 4 is 5.91 Å². The Bertz CT molecular complexity index is 781. The van der Waals surface area contributed by atoms with Gasteiger partial charge in [-0.15, -0.1) is 0 Å². The van der Waals surface area contributed by atoms with Crippen molar-refractivity contribution in [2.75, 3.05) is 32.8 Å². The second-order valence-corrected chi connectivity index (χ2v) is 6.20. The minimum Gasteiger partial charge on any atom is -0.379 e. The van der Waals surface area contributed by atoms with E-state index in [-0.39, 0.29) is 23.1 Å². The molecule has 2 heterocycles. The SMILES string of the molecule is Cc1cccc(C(CNC(=O)c2ccc[nH]c2=O)N2CCOCC2)c1. The third kappa shape index (κ3) is 4.35. The first kappa shape index (κ1) is 17.4. The Morgan fingerprint density at radius 2 is 2.08 bits per heavy atom. The Balaban J connectivity index is 1.76. The fourth-order valence-electron chi connectivity index (χ4n) is 3.11. The van der Waals surface area contributed by atoms with Crippen molar-refractivity contribution in [3.8, 4) is 0 Å². The largest absolute Gasteiger partial charge is 0.379 e. The van der Waals surface area contributed by atoms with Gasteiger partial charge in [0.05, 0.1) is 19.3 Å². The number of carbonyl (C=O) groups is 1. The molecular formula is C19H23N3O3. The topological polar surface area (TPSA) is 74.4 Å². The van der Waals surface area contributed by atoms with Crippen molar-refractivity contribution in [2.45, 2.75) is 13.0 Å². The van der Waals surface area contributed by atoms with Gasteiger partial charge >= 0.3 is 0 Å². The second kappa shape index (κ2) is 8.09. The summed E-state index contributed by atoms with van der Waals surface area (Å²) in [5.74, 6) is -0.354. The summed E-state index contributed by atoms with van der Waals surface area (Å²) in [6.45, 7) is 5.52.